The van der Waals surface area contributed by atoms with E-state index in [9.17, 15) is 9.18 Å². The third-order valence-corrected chi connectivity index (χ3v) is 3.92. The first-order valence-electron chi connectivity index (χ1n) is 6.97. The zero-order valence-corrected chi connectivity index (χ0v) is 14.1. The number of amides is 2. The molecule has 0 fully saturated rings. The van der Waals surface area contributed by atoms with Crippen LogP contribution in [0, 0.1) is 5.82 Å². The van der Waals surface area contributed by atoms with E-state index in [1.54, 1.807) is 24.1 Å². The van der Waals surface area contributed by atoms with Crippen molar-refractivity contribution in [3.8, 4) is 0 Å². The molecule has 0 saturated carbocycles. The first-order valence-corrected chi connectivity index (χ1v) is 7.76. The lowest BCUT2D eigenvalue weighted by atomic mass is 10.1. The van der Waals surface area contributed by atoms with E-state index < -0.39 is 0 Å². The largest absolute Gasteiger partial charge is 0.331 e. The fraction of sp³-hybridized carbons (Fsp3) is 0.235. The summed E-state index contributed by atoms with van der Waals surface area (Å²) >= 11 is 3.39. The molecule has 1 N–H and O–H groups in total. The molecule has 5 heteroatoms. The van der Waals surface area contributed by atoms with Gasteiger partial charge in [0.15, 0.2) is 0 Å². The Bertz CT molecular complexity index is 628. The van der Waals surface area contributed by atoms with Gasteiger partial charge in [0.1, 0.15) is 5.82 Å². The summed E-state index contributed by atoms with van der Waals surface area (Å²) in [4.78, 5) is 13.8. The molecule has 0 saturated heterocycles. The molecule has 1 unspecified atom stereocenters. The highest BCUT2D eigenvalue weighted by molar-refractivity contribution is 9.10. The molecule has 0 bridgehead atoms. The topological polar surface area (TPSA) is 32.3 Å². The Hall–Kier alpha value is -1.88. The van der Waals surface area contributed by atoms with Crippen LogP contribution in [0.3, 0.4) is 0 Å². The van der Waals surface area contributed by atoms with Crippen LogP contribution in [0.15, 0.2) is 53.0 Å². The van der Waals surface area contributed by atoms with Gasteiger partial charge in [-0.1, -0.05) is 40.2 Å². The van der Waals surface area contributed by atoms with Gasteiger partial charge in [0.2, 0.25) is 0 Å². The minimum atomic E-state index is -0.278. The third-order valence-electron chi connectivity index (χ3n) is 3.39. The number of rotatable bonds is 4. The van der Waals surface area contributed by atoms with Gasteiger partial charge in [-0.05, 0) is 42.3 Å². The predicted octanol–water partition coefficient (Wildman–Crippen LogP) is 4.49. The van der Waals surface area contributed by atoms with Crippen LogP contribution in [0.4, 0.5) is 9.18 Å². The van der Waals surface area contributed by atoms with Crippen LogP contribution in [-0.4, -0.2) is 18.0 Å². The van der Waals surface area contributed by atoms with Crippen molar-refractivity contribution in [1.29, 1.82) is 0 Å². The maximum absolute atomic E-state index is 12.9. The number of hydrogen-bond donors (Lipinski definition) is 1. The Labute approximate surface area is 138 Å². The molecule has 1 atom stereocenters. The van der Waals surface area contributed by atoms with Crippen LogP contribution in [0.2, 0.25) is 0 Å². The molecule has 2 amide bonds. The van der Waals surface area contributed by atoms with Gasteiger partial charge in [-0.2, -0.15) is 0 Å². The molecule has 0 spiro atoms. The SMILES string of the molecule is CC(NC(=O)N(C)Cc1ccc(F)cc1)c1ccc(Br)cc1. The predicted molar refractivity (Wildman–Crippen MR) is 89.0 cm³/mol. The van der Waals surface area contributed by atoms with Gasteiger partial charge in [-0.3, -0.25) is 0 Å². The van der Waals surface area contributed by atoms with E-state index in [2.05, 4.69) is 21.2 Å². The minimum Gasteiger partial charge on any atom is -0.331 e. The second-order valence-electron chi connectivity index (χ2n) is 5.21. The summed E-state index contributed by atoms with van der Waals surface area (Å²) in [6.07, 6.45) is 0. The molecule has 0 aliphatic heterocycles. The Morgan fingerprint density at radius 1 is 1.18 bits per heavy atom. The van der Waals surface area contributed by atoms with Gasteiger partial charge < -0.3 is 10.2 Å². The van der Waals surface area contributed by atoms with E-state index in [0.717, 1.165) is 15.6 Å². The number of hydrogen-bond acceptors (Lipinski definition) is 1. The molecule has 0 aliphatic rings. The quantitative estimate of drug-likeness (QED) is 0.851. The zero-order valence-electron chi connectivity index (χ0n) is 12.5. The molecule has 2 aromatic carbocycles. The molecular formula is C17H18BrFN2O. The van der Waals surface area contributed by atoms with Gasteiger partial charge in [-0.25, -0.2) is 9.18 Å². The van der Waals surface area contributed by atoms with E-state index in [-0.39, 0.29) is 17.9 Å². The first kappa shape index (κ1) is 16.5. The summed E-state index contributed by atoms with van der Waals surface area (Å²) in [5.41, 5.74) is 1.92. The van der Waals surface area contributed by atoms with Crippen LogP contribution in [-0.2, 0) is 6.54 Å². The Morgan fingerprint density at radius 3 is 2.36 bits per heavy atom. The second-order valence-corrected chi connectivity index (χ2v) is 6.12. The van der Waals surface area contributed by atoms with Crippen LogP contribution >= 0.6 is 15.9 Å². The minimum absolute atomic E-state index is 0.0868. The number of nitrogens with zero attached hydrogens (tertiary/aromatic N) is 1. The van der Waals surface area contributed by atoms with E-state index in [1.165, 1.54) is 12.1 Å². The molecule has 0 radical (unpaired) electrons. The first-order chi connectivity index (χ1) is 10.5. The summed E-state index contributed by atoms with van der Waals surface area (Å²) in [5.74, 6) is -0.278. The summed E-state index contributed by atoms with van der Waals surface area (Å²) in [6.45, 7) is 2.37. The Kier molecular flexibility index (Phi) is 5.55. The van der Waals surface area contributed by atoms with Gasteiger partial charge in [0.05, 0.1) is 6.04 Å². The van der Waals surface area contributed by atoms with Crippen LogP contribution in [0.5, 0.6) is 0 Å². The molecule has 0 aliphatic carbocycles. The Morgan fingerprint density at radius 2 is 1.77 bits per heavy atom. The molecule has 22 heavy (non-hydrogen) atoms. The monoisotopic (exact) mass is 364 g/mol. The zero-order chi connectivity index (χ0) is 16.1. The number of carbonyl (C=O) groups is 1. The van der Waals surface area contributed by atoms with Gasteiger partial charge in [0, 0.05) is 18.1 Å². The summed E-state index contributed by atoms with van der Waals surface area (Å²) in [6, 6.07) is 13.7. The maximum Gasteiger partial charge on any atom is 0.317 e. The van der Waals surface area contributed by atoms with Gasteiger partial charge in [0.25, 0.3) is 0 Å². The number of urea groups is 1. The lowest BCUT2D eigenvalue weighted by molar-refractivity contribution is 0.203. The third kappa shape index (κ3) is 4.56. The average molecular weight is 365 g/mol. The summed E-state index contributed by atoms with van der Waals surface area (Å²) < 4.78 is 13.9. The highest BCUT2D eigenvalue weighted by atomic mass is 79.9. The standard InChI is InChI=1S/C17H18BrFN2O/c1-12(14-5-7-15(18)8-6-14)20-17(22)21(2)11-13-3-9-16(19)10-4-13/h3-10,12H,11H2,1-2H3,(H,20,22). The number of carbonyl (C=O) groups excluding carboxylic acids is 1. The lowest BCUT2D eigenvalue weighted by Gasteiger charge is -2.21. The van der Waals surface area contributed by atoms with E-state index in [1.807, 2.05) is 31.2 Å². The summed E-state index contributed by atoms with van der Waals surface area (Å²) in [7, 11) is 1.72. The van der Waals surface area contributed by atoms with Gasteiger partial charge >= 0.3 is 6.03 Å². The molecule has 116 valence electrons. The normalized spacial score (nSPS) is 11.8. The maximum atomic E-state index is 12.9. The molecule has 0 aromatic heterocycles. The fourth-order valence-corrected chi connectivity index (χ4v) is 2.33. The molecule has 2 aromatic rings. The van der Waals surface area contributed by atoms with Crippen molar-refractivity contribution in [2.45, 2.75) is 19.5 Å². The van der Waals surface area contributed by atoms with Gasteiger partial charge in [-0.15, -0.1) is 0 Å². The molecule has 2 rings (SSSR count). The Balaban J connectivity index is 1.93. The van der Waals surface area contributed by atoms with Crippen molar-refractivity contribution in [2.75, 3.05) is 7.05 Å². The van der Waals surface area contributed by atoms with Crippen LogP contribution in [0.1, 0.15) is 24.1 Å². The van der Waals surface area contributed by atoms with Crippen molar-refractivity contribution < 1.29 is 9.18 Å². The lowest BCUT2D eigenvalue weighted by Crippen LogP contribution is -2.38. The number of nitrogens with one attached hydrogen (secondary N) is 1. The van der Waals surface area contributed by atoms with E-state index >= 15 is 0 Å². The van der Waals surface area contributed by atoms with Crippen LogP contribution < -0.4 is 5.32 Å². The molecule has 3 nitrogen and oxygen atoms in total. The highest BCUT2D eigenvalue weighted by Crippen LogP contribution is 2.17. The van der Waals surface area contributed by atoms with Crippen molar-refractivity contribution in [3.05, 3.63) is 69.9 Å². The second kappa shape index (κ2) is 7.40. The number of halogens is 2. The molecule has 0 heterocycles. The highest BCUT2D eigenvalue weighted by Gasteiger charge is 2.13. The van der Waals surface area contributed by atoms with E-state index in [0.29, 0.717) is 6.54 Å². The fourth-order valence-electron chi connectivity index (χ4n) is 2.07. The number of benzene rings is 2. The smallest absolute Gasteiger partial charge is 0.317 e. The van der Waals surface area contributed by atoms with Crippen molar-refractivity contribution in [3.63, 3.8) is 0 Å². The van der Waals surface area contributed by atoms with Crippen molar-refractivity contribution >= 4 is 22.0 Å². The van der Waals surface area contributed by atoms with Crippen LogP contribution in [0.25, 0.3) is 0 Å². The average Bonchev–Trinajstić information content (AvgIpc) is 2.50. The van der Waals surface area contributed by atoms with Crippen molar-refractivity contribution in [2.24, 2.45) is 0 Å². The van der Waals surface area contributed by atoms with Crippen molar-refractivity contribution in [1.82, 2.24) is 10.2 Å². The van der Waals surface area contributed by atoms with E-state index in [4.69, 9.17) is 0 Å². The molecular weight excluding hydrogens is 347 g/mol. The summed E-state index contributed by atoms with van der Waals surface area (Å²) in [5, 5.41) is 2.94.